The van der Waals surface area contributed by atoms with Crippen LogP contribution in [0.3, 0.4) is 0 Å². The molecular formula is C16H15ClO3. The van der Waals surface area contributed by atoms with Crippen LogP contribution in [0.25, 0.3) is 0 Å². The maximum absolute atomic E-state index is 10.9. The van der Waals surface area contributed by atoms with Gasteiger partial charge in [-0.2, -0.15) is 0 Å². The fourth-order valence-electron chi connectivity index (χ4n) is 1.78. The van der Waals surface area contributed by atoms with Crippen molar-refractivity contribution >= 4 is 17.6 Å². The zero-order chi connectivity index (χ0) is 14.5. The Labute approximate surface area is 122 Å². The van der Waals surface area contributed by atoms with E-state index in [2.05, 4.69) is 0 Å². The van der Waals surface area contributed by atoms with E-state index in [4.69, 9.17) is 21.4 Å². The first-order valence-corrected chi connectivity index (χ1v) is 6.64. The number of benzene rings is 2. The summed E-state index contributed by atoms with van der Waals surface area (Å²) >= 11 is 6.13. The summed E-state index contributed by atoms with van der Waals surface area (Å²) in [5, 5.41) is 9.40. The zero-order valence-electron chi connectivity index (χ0n) is 11.0. The monoisotopic (exact) mass is 290 g/mol. The molecule has 0 saturated heterocycles. The van der Waals surface area contributed by atoms with Crippen molar-refractivity contribution in [2.24, 2.45) is 0 Å². The van der Waals surface area contributed by atoms with E-state index >= 15 is 0 Å². The Morgan fingerprint density at radius 3 is 2.55 bits per heavy atom. The molecule has 4 heteroatoms. The molecule has 20 heavy (non-hydrogen) atoms. The molecule has 1 N–H and O–H groups in total. The third-order valence-corrected chi connectivity index (χ3v) is 3.36. The highest BCUT2D eigenvalue weighted by molar-refractivity contribution is 6.32. The molecule has 2 aromatic rings. The largest absolute Gasteiger partial charge is 0.487 e. The molecule has 2 aromatic carbocycles. The molecule has 0 amide bonds. The van der Waals surface area contributed by atoms with Gasteiger partial charge < -0.3 is 9.84 Å². The molecule has 0 bridgehead atoms. The summed E-state index contributed by atoms with van der Waals surface area (Å²) in [4.78, 5) is 10.9. The van der Waals surface area contributed by atoms with Gasteiger partial charge in [0.1, 0.15) is 12.4 Å². The highest BCUT2D eigenvalue weighted by Gasteiger charge is 2.15. The predicted molar refractivity (Wildman–Crippen MR) is 78.3 cm³/mol. The first-order valence-electron chi connectivity index (χ1n) is 6.27. The third kappa shape index (κ3) is 3.52. The molecule has 104 valence electrons. The van der Waals surface area contributed by atoms with Gasteiger partial charge in [-0.3, -0.25) is 4.79 Å². The average Bonchev–Trinajstić information content (AvgIpc) is 2.46. The van der Waals surface area contributed by atoms with Crippen LogP contribution in [0.1, 0.15) is 24.0 Å². The Morgan fingerprint density at radius 1 is 1.25 bits per heavy atom. The first kappa shape index (κ1) is 14.4. The minimum atomic E-state index is -0.876. The molecule has 0 spiro atoms. The van der Waals surface area contributed by atoms with E-state index in [9.17, 15) is 4.79 Å². The van der Waals surface area contributed by atoms with E-state index in [0.29, 0.717) is 22.9 Å². The molecule has 0 aliphatic rings. The Bertz CT molecular complexity index is 596. The highest BCUT2D eigenvalue weighted by atomic mass is 35.5. The summed E-state index contributed by atoms with van der Waals surface area (Å²) in [7, 11) is 0. The van der Waals surface area contributed by atoms with Crippen molar-refractivity contribution in [2.45, 2.75) is 19.4 Å². The van der Waals surface area contributed by atoms with Crippen molar-refractivity contribution in [3.05, 3.63) is 64.7 Å². The number of halogens is 1. The number of hydrogen-bond donors (Lipinski definition) is 1. The van der Waals surface area contributed by atoms with Gasteiger partial charge in [-0.1, -0.05) is 48.0 Å². The van der Waals surface area contributed by atoms with Gasteiger partial charge in [-0.25, -0.2) is 0 Å². The van der Waals surface area contributed by atoms with E-state index in [-0.39, 0.29) is 0 Å². The molecule has 1 unspecified atom stereocenters. The minimum absolute atomic E-state index is 0.423. The quantitative estimate of drug-likeness (QED) is 0.901. The molecule has 0 fully saturated rings. The summed E-state index contributed by atoms with van der Waals surface area (Å²) < 4.78 is 5.64. The second-order valence-electron chi connectivity index (χ2n) is 4.52. The molecular weight excluding hydrogens is 276 g/mol. The third-order valence-electron chi connectivity index (χ3n) is 3.06. The van der Waals surface area contributed by atoms with Crippen LogP contribution >= 0.6 is 11.6 Å². The molecule has 0 saturated carbocycles. The van der Waals surface area contributed by atoms with Gasteiger partial charge in [-0.15, -0.1) is 0 Å². The Morgan fingerprint density at radius 2 is 1.95 bits per heavy atom. The summed E-state index contributed by atoms with van der Waals surface area (Å²) in [6.07, 6.45) is 0. The van der Waals surface area contributed by atoms with E-state index in [1.807, 2.05) is 30.3 Å². The number of aliphatic carboxylic acids is 1. The molecule has 1 atom stereocenters. The van der Waals surface area contributed by atoms with Gasteiger partial charge in [-0.05, 0) is 30.2 Å². The van der Waals surface area contributed by atoms with Gasteiger partial charge in [0.25, 0.3) is 0 Å². The number of rotatable bonds is 5. The number of carboxylic acid groups (broad SMARTS) is 1. The molecule has 0 aliphatic carbocycles. The smallest absolute Gasteiger partial charge is 0.310 e. The first-order chi connectivity index (χ1) is 9.58. The van der Waals surface area contributed by atoms with Crippen LogP contribution in [0.2, 0.25) is 5.02 Å². The summed E-state index contributed by atoms with van der Waals surface area (Å²) in [5.74, 6) is -0.911. The van der Waals surface area contributed by atoms with Crippen LogP contribution in [-0.2, 0) is 11.4 Å². The van der Waals surface area contributed by atoms with E-state index in [1.165, 1.54) is 0 Å². The lowest BCUT2D eigenvalue weighted by atomic mass is 10.0. The van der Waals surface area contributed by atoms with Gasteiger partial charge in [0.05, 0.1) is 10.9 Å². The van der Waals surface area contributed by atoms with E-state index in [1.54, 1.807) is 25.1 Å². The van der Waals surface area contributed by atoms with Crippen molar-refractivity contribution in [3.8, 4) is 5.75 Å². The molecule has 0 radical (unpaired) electrons. The fourth-order valence-corrected chi connectivity index (χ4v) is 2.02. The molecule has 0 aliphatic heterocycles. The highest BCUT2D eigenvalue weighted by Crippen LogP contribution is 2.29. The van der Waals surface area contributed by atoms with Crippen LogP contribution in [0.5, 0.6) is 5.75 Å². The Kier molecular flexibility index (Phi) is 4.64. The van der Waals surface area contributed by atoms with Crippen molar-refractivity contribution < 1.29 is 14.6 Å². The van der Waals surface area contributed by atoms with Crippen molar-refractivity contribution in [1.29, 1.82) is 0 Å². The van der Waals surface area contributed by atoms with Gasteiger partial charge >= 0.3 is 5.97 Å². The second kappa shape index (κ2) is 6.44. The average molecular weight is 291 g/mol. The van der Waals surface area contributed by atoms with Crippen molar-refractivity contribution in [3.63, 3.8) is 0 Å². The van der Waals surface area contributed by atoms with E-state index in [0.717, 1.165) is 5.56 Å². The normalized spacial score (nSPS) is 11.9. The minimum Gasteiger partial charge on any atom is -0.487 e. The van der Waals surface area contributed by atoms with Crippen molar-refractivity contribution in [2.75, 3.05) is 0 Å². The maximum atomic E-state index is 10.9. The van der Waals surface area contributed by atoms with Gasteiger partial charge in [0, 0.05) is 0 Å². The Balaban J connectivity index is 2.08. The number of ether oxygens (including phenoxy) is 1. The molecule has 0 aromatic heterocycles. The topological polar surface area (TPSA) is 46.5 Å². The zero-order valence-corrected chi connectivity index (χ0v) is 11.8. The lowest BCUT2D eigenvalue weighted by Crippen LogP contribution is -2.07. The maximum Gasteiger partial charge on any atom is 0.310 e. The van der Waals surface area contributed by atoms with Crippen LogP contribution < -0.4 is 4.74 Å². The lowest BCUT2D eigenvalue weighted by molar-refractivity contribution is -0.138. The summed E-state index contributed by atoms with van der Waals surface area (Å²) in [6, 6.07) is 14.8. The second-order valence-corrected chi connectivity index (χ2v) is 4.93. The SMILES string of the molecule is CC(C(=O)O)c1ccc(OCc2ccccc2)c(Cl)c1. The molecule has 3 nitrogen and oxygen atoms in total. The number of carbonyl (C=O) groups is 1. The summed E-state index contributed by atoms with van der Waals surface area (Å²) in [5.41, 5.74) is 1.71. The molecule has 0 heterocycles. The number of hydrogen-bond acceptors (Lipinski definition) is 2. The Hall–Kier alpha value is -2.00. The van der Waals surface area contributed by atoms with Crippen molar-refractivity contribution in [1.82, 2.24) is 0 Å². The van der Waals surface area contributed by atoms with Gasteiger partial charge in [0.2, 0.25) is 0 Å². The van der Waals surface area contributed by atoms with Crippen LogP contribution in [-0.4, -0.2) is 11.1 Å². The standard InChI is InChI=1S/C16H15ClO3/c1-11(16(18)19)13-7-8-15(14(17)9-13)20-10-12-5-3-2-4-6-12/h2-9,11H,10H2,1H3,(H,18,19). The number of carboxylic acids is 1. The van der Waals surface area contributed by atoms with Crippen LogP contribution in [0.4, 0.5) is 0 Å². The lowest BCUT2D eigenvalue weighted by Gasteiger charge is -2.11. The summed E-state index contributed by atoms with van der Waals surface area (Å²) in [6.45, 7) is 2.05. The van der Waals surface area contributed by atoms with Crippen LogP contribution in [0.15, 0.2) is 48.5 Å². The predicted octanol–water partition coefficient (Wildman–Crippen LogP) is 4.11. The molecule has 2 rings (SSSR count). The van der Waals surface area contributed by atoms with Crippen LogP contribution in [0, 0.1) is 0 Å². The van der Waals surface area contributed by atoms with Gasteiger partial charge in [0.15, 0.2) is 0 Å². The van der Waals surface area contributed by atoms with E-state index < -0.39 is 11.9 Å². The fraction of sp³-hybridized carbons (Fsp3) is 0.188.